The lowest BCUT2D eigenvalue weighted by Gasteiger charge is -2.22. The molecule has 1 saturated heterocycles. The largest absolute Gasteiger partial charge is 0.381 e. The molecule has 0 spiro atoms. The third kappa shape index (κ3) is 5.51. The van der Waals surface area contributed by atoms with E-state index in [0.29, 0.717) is 11.0 Å². The van der Waals surface area contributed by atoms with Crippen LogP contribution in [0.2, 0.25) is 0 Å². The highest BCUT2D eigenvalue weighted by atomic mass is 32.2. The zero-order valence-corrected chi connectivity index (χ0v) is 16.4. The van der Waals surface area contributed by atoms with Crippen molar-refractivity contribution in [3.63, 3.8) is 0 Å². The number of ether oxygens (including phenoxy) is 2. The fraction of sp³-hybridized carbons (Fsp3) is 0.500. The van der Waals surface area contributed by atoms with Crippen LogP contribution in [-0.4, -0.2) is 52.1 Å². The second-order valence-corrected chi connectivity index (χ2v) is 9.17. The second kappa shape index (κ2) is 8.94. The van der Waals surface area contributed by atoms with E-state index in [1.807, 2.05) is 5.38 Å². The van der Waals surface area contributed by atoms with E-state index in [-0.39, 0.29) is 0 Å². The Kier molecular flexibility index (Phi) is 6.63. The number of nitrogens with one attached hydrogen (secondary N) is 1. The zero-order chi connectivity index (χ0) is 18.4. The number of rotatable bonds is 8. The SMILES string of the molecule is CS(=O)(=O)c1ccc(-c2csc(NCCCOC3CCOCC3)n2)cc1. The molecule has 0 amide bonds. The molecule has 3 rings (SSSR count). The van der Waals surface area contributed by atoms with Crippen molar-refractivity contribution in [3.8, 4) is 11.3 Å². The molecule has 0 aliphatic carbocycles. The number of anilines is 1. The summed E-state index contributed by atoms with van der Waals surface area (Å²) >= 11 is 1.54. The first-order valence-corrected chi connectivity index (χ1v) is 11.5. The lowest BCUT2D eigenvalue weighted by Crippen LogP contribution is -2.24. The highest BCUT2D eigenvalue weighted by Gasteiger charge is 2.13. The minimum Gasteiger partial charge on any atom is -0.381 e. The van der Waals surface area contributed by atoms with Crippen molar-refractivity contribution < 1.29 is 17.9 Å². The Bertz CT molecular complexity index is 797. The molecule has 8 heteroatoms. The normalized spacial score (nSPS) is 15.9. The standard InChI is InChI=1S/C18H24N2O4S2/c1-26(21,22)16-5-3-14(4-6-16)17-13-25-18(20-17)19-9-2-10-24-15-7-11-23-12-8-15/h3-6,13,15H,2,7-12H2,1H3,(H,19,20). The van der Waals surface area contributed by atoms with E-state index in [0.717, 1.165) is 62.0 Å². The van der Waals surface area contributed by atoms with Gasteiger partial charge < -0.3 is 14.8 Å². The van der Waals surface area contributed by atoms with Gasteiger partial charge in [-0.05, 0) is 31.4 Å². The first-order chi connectivity index (χ1) is 12.5. The van der Waals surface area contributed by atoms with Gasteiger partial charge in [0, 0.05) is 43.6 Å². The maximum Gasteiger partial charge on any atom is 0.183 e. The molecule has 142 valence electrons. The van der Waals surface area contributed by atoms with E-state index in [1.165, 1.54) is 6.26 Å². The van der Waals surface area contributed by atoms with Crippen molar-refractivity contribution in [2.45, 2.75) is 30.3 Å². The minimum atomic E-state index is -3.17. The molecule has 0 unspecified atom stereocenters. The van der Waals surface area contributed by atoms with Gasteiger partial charge in [0.15, 0.2) is 15.0 Å². The van der Waals surface area contributed by atoms with E-state index in [2.05, 4.69) is 10.3 Å². The van der Waals surface area contributed by atoms with E-state index in [4.69, 9.17) is 9.47 Å². The lowest BCUT2D eigenvalue weighted by atomic mass is 10.1. The molecule has 26 heavy (non-hydrogen) atoms. The van der Waals surface area contributed by atoms with Crippen molar-refractivity contribution in [3.05, 3.63) is 29.6 Å². The van der Waals surface area contributed by atoms with Crippen molar-refractivity contribution in [2.75, 3.05) is 37.9 Å². The van der Waals surface area contributed by atoms with Gasteiger partial charge in [0.1, 0.15) is 0 Å². The topological polar surface area (TPSA) is 77.5 Å². The molecule has 1 aliphatic heterocycles. The van der Waals surface area contributed by atoms with Crippen LogP contribution in [0.3, 0.4) is 0 Å². The molecular formula is C18H24N2O4S2. The molecule has 0 atom stereocenters. The van der Waals surface area contributed by atoms with Crippen LogP contribution in [0.15, 0.2) is 34.5 Å². The molecular weight excluding hydrogens is 372 g/mol. The Morgan fingerprint density at radius 3 is 2.69 bits per heavy atom. The highest BCUT2D eigenvalue weighted by molar-refractivity contribution is 7.90. The van der Waals surface area contributed by atoms with Crippen LogP contribution < -0.4 is 5.32 Å². The van der Waals surface area contributed by atoms with Gasteiger partial charge in [0.2, 0.25) is 0 Å². The van der Waals surface area contributed by atoms with Gasteiger partial charge in [0.25, 0.3) is 0 Å². The van der Waals surface area contributed by atoms with E-state index >= 15 is 0 Å². The molecule has 0 saturated carbocycles. The number of hydrogen-bond donors (Lipinski definition) is 1. The zero-order valence-electron chi connectivity index (χ0n) is 14.8. The molecule has 1 N–H and O–H groups in total. The van der Waals surface area contributed by atoms with Gasteiger partial charge in [-0.1, -0.05) is 12.1 Å². The number of sulfone groups is 1. The van der Waals surface area contributed by atoms with Crippen LogP contribution in [0, 0.1) is 0 Å². The minimum absolute atomic E-state index is 0.319. The molecule has 1 fully saturated rings. The summed E-state index contributed by atoms with van der Waals surface area (Å²) in [7, 11) is -3.17. The smallest absolute Gasteiger partial charge is 0.183 e. The van der Waals surface area contributed by atoms with Gasteiger partial charge in [-0.25, -0.2) is 13.4 Å². The second-order valence-electron chi connectivity index (χ2n) is 6.30. The number of hydrogen-bond acceptors (Lipinski definition) is 7. The summed E-state index contributed by atoms with van der Waals surface area (Å²) in [6, 6.07) is 6.81. The average molecular weight is 397 g/mol. The van der Waals surface area contributed by atoms with Crippen LogP contribution in [0.25, 0.3) is 11.3 Å². The Labute approximate surface area is 158 Å². The monoisotopic (exact) mass is 396 g/mol. The third-order valence-electron chi connectivity index (χ3n) is 4.20. The molecule has 6 nitrogen and oxygen atoms in total. The molecule has 0 bridgehead atoms. The molecule has 1 aromatic carbocycles. The van der Waals surface area contributed by atoms with Gasteiger partial charge >= 0.3 is 0 Å². The molecule has 0 radical (unpaired) electrons. The van der Waals surface area contributed by atoms with Gasteiger partial charge in [0.05, 0.1) is 16.7 Å². The quantitative estimate of drug-likeness (QED) is 0.691. The average Bonchev–Trinajstić information content (AvgIpc) is 3.11. The number of benzene rings is 1. The summed E-state index contributed by atoms with van der Waals surface area (Å²) < 4.78 is 34.2. The third-order valence-corrected chi connectivity index (χ3v) is 6.13. The van der Waals surface area contributed by atoms with Gasteiger partial charge in [-0.3, -0.25) is 0 Å². The number of thiazole rings is 1. The summed E-state index contributed by atoms with van der Waals surface area (Å²) in [5, 5.41) is 6.14. The molecule has 2 heterocycles. The molecule has 1 aliphatic rings. The predicted octanol–water partition coefficient (Wildman–Crippen LogP) is 3.21. The highest BCUT2D eigenvalue weighted by Crippen LogP contribution is 2.25. The number of aromatic nitrogens is 1. The van der Waals surface area contributed by atoms with Crippen LogP contribution in [0.5, 0.6) is 0 Å². The van der Waals surface area contributed by atoms with Gasteiger partial charge in [-0.15, -0.1) is 11.3 Å². The fourth-order valence-corrected chi connectivity index (χ4v) is 4.10. The summed E-state index contributed by atoms with van der Waals surface area (Å²) in [6.45, 7) is 3.15. The Hall–Kier alpha value is -1.48. The van der Waals surface area contributed by atoms with Crippen LogP contribution >= 0.6 is 11.3 Å². The maximum atomic E-state index is 11.5. The Balaban J connectivity index is 1.44. The summed E-state index contributed by atoms with van der Waals surface area (Å²) in [6.07, 6.45) is 4.45. The first kappa shape index (κ1) is 19.3. The Morgan fingerprint density at radius 1 is 1.27 bits per heavy atom. The van der Waals surface area contributed by atoms with E-state index in [9.17, 15) is 8.42 Å². The maximum absolute atomic E-state index is 11.5. The molecule has 1 aromatic heterocycles. The lowest BCUT2D eigenvalue weighted by molar-refractivity contribution is -0.0316. The van der Waals surface area contributed by atoms with Crippen LogP contribution in [0.1, 0.15) is 19.3 Å². The van der Waals surface area contributed by atoms with E-state index in [1.54, 1.807) is 35.6 Å². The van der Waals surface area contributed by atoms with Gasteiger partial charge in [-0.2, -0.15) is 0 Å². The van der Waals surface area contributed by atoms with Crippen LogP contribution in [0.4, 0.5) is 5.13 Å². The predicted molar refractivity (Wildman–Crippen MR) is 104 cm³/mol. The summed E-state index contributed by atoms with van der Waals surface area (Å²) in [4.78, 5) is 4.88. The van der Waals surface area contributed by atoms with Crippen molar-refractivity contribution in [1.82, 2.24) is 4.98 Å². The fourth-order valence-electron chi connectivity index (χ4n) is 2.72. The van der Waals surface area contributed by atoms with E-state index < -0.39 is 9.84 Å². The molecule has 2 aromatic rings. The summed E-state index contributed by atoms with van der Waals surface area (Å²) in [5.41, 5.74) is 1.75. The first-order valence-electron chi connectivity index (χ1n) is 8.71. The Morgan fingerprint density at radius 2 is 2.00 bits per heavy atom. The van der Waals surface area contributed by atoms with Crippen molar-refractivity contribution >= 4 is 26.3 Å². The summed E-state index contributed by atoms with van der Waals surface area (Å²) in [5.74, 6) is 0. The van der Waals surface area contributed by atoms with Crippen molar-refractivity contribution in [2.24, 2.45) is 0 Å². The van der Waals surface area contributed by atoms with Crippen molar-refractivity contribution in [1.29, 1.82) is 0 Å². The number of nitrogens with zero attached hydrogens (tertiary/aromatic N) is 1. The van der Waals surface area contributed by atoms with Crippen LogP contribution in [-0.2, 0) is 19.3 Å².